The molecule has 1 aromatic heterocycles. The summed E-state index contributed by atoms with van der Waals surface area (Å²) in [4.78, 5) is 27.9. The van der Waals surface area contributed by atoms with Crippen molar-refractivity contribution in [2.45, 2.75) is 11.4 Å². The van der Waals surface area contributed by atoms with Crippen LogP contribution in [0.3, 0.4) is 0 Å². The third-order valence-electron chi connectivity index (χ3n) is 4.91. The van der Waals surface area contributed by atoms with E-state index in [-0.39, 0.29) is 23.2 Å². The second-order valence-corrected chi connectivity index (χ2v) is 7.99. The van der Waals surface area contributed by atoms with Crippen molar-refractivity contribution in [2.24, 2.45) is 0 Å². The van der Waals surface area contributed by atoms with Crippen molar-refractivity contribution in [1.82, 2.24) is 4.57 Å². The third kappa shape index (κ3) is 2.73. The molecule has 1 aliphatic heterocycles. The second kappa shape index (κ2) is 6.88. The molecule has 0 saturated carbocycles. The lowest BCUT2D eigenvalue weighted by molar-refractivity contribution is 0.0988. The summed E-state index contributed by atoms with van der Waals surface area (Å²) in [6.07, 6.45) is 0. The molecule has 1 amide bonds. The molecule has 0 spiro atoms. The fourth-order valence-corrected chi connectivity index (χ4v) is 4.68. The molecular formula is C20H18N2O5S. The monoisotopic (exact) mass is 398 g/mol. The number of ether oxygens (including phenoxy) is 1. The summed E-state index contributed by atoms with van der Waals surface area (Å²) in [6.45, 7) is 0.205. The first-order valence-electron chi connectivity index (χ1n) is 8.63. The van der Waals surface area contributed by atoms with Gasteiger partial charge in [-0.1, -0.05) is 18.2 Å². The molecule has 0 aliphatic carbocycles. The van der Waals surface area contributed by atoms with Crippen molar-refractivity contribution in [3.05, 3.63) is 58.4 Å². The second-order valence-electron chi connectivity index (χ2n) is 6.45. The maximum Gasteiger partial charge on any atom is 0.268 e. The van der Waals surface area contributed by atoms with E-state index in [9.17, 15) is 19.2 Å². The molecule has 28 heavy (non-hydrogen) atoms. The van der Waals surface area contributed by atoms with Crippen LogP contribution in [0.15, 0.2) is 52.2 Å². The number of benzene rings is 2. The normalized spacial score (nSPS) is 15.5. The number of para-hydroxylation sites is 1. The van der Waals surface area contributed by atoms with Gasteiger partial charge in [0, 0.05) is 24.2 Å². The van der Waals surface area contributed by atoms with Crippen molar-refractivity contribution < 1.29 is 19.2 Å². The van der Waals surface area contributed by atoms with Crippen molar-refractivity contribution in [3.8, 4) is 11.5 Å². The third-order valence-corrected chi connectivity index (χ3v) is 6.27. The van der Waals surface area contributed by atoms with E-state index in [1.807, 2.05) is 6.07 Å². The molecule has 7 nitrogen and oxygen atoms in total. The molecule has 8 heteroatoms. The van der Waals surface area contributed by atoms with E-state index in [4.69, 9.17) is 4.74 Å². The Hall–Kier alpha value is -2.97. The SMILES string of the molecule is COc1cc2c3c(c1)c(O)c(C(=O)N(C)c1ccccc1)c(=O)n3CC[S+]2[O-]. The maximum absolute atomic E-state index is 13.1. The summed E-state index contributed by atoms with van der Waals surface area (Å²) in [7, 11) is 3.00. The lowest BCUT2D eigenvalue weighted by atomic mass is 10.1. The highest BCUT2D eigenvalue weighted by atomic mass is 32.2. The number of rotatable bonds is 3. The molecular weight excluding hydrogens is 380 g/mol. The number of methoxy groups -OCH3 is 1. The highest BCUT2D eigenvalue weighted by Gasteiger charge is 2.32. The number of aromatic hydroxyl groups is 1. The Kier molecular flexibility index (Phi) is 4.52. The number of carbonyl (C=O) groups is 1. The van der Waals surface area contributed by atoms with Crippen LogP contribution in [-0.2, 0) is 17.7 Å². The van der Waals surface area contributed by atoms with Crippen molar-refractivity contribution in [2.75, 3.05) is 24.8 Å². The van der Waals surface area contributed by atoms with Gasteiger partial charge in [0.25, 0.3) is 11.5 Å². The molecule has 0 fully saturated rings. The van der Waals surface area contributed by atoms with Gasteiger partial charge in [-0.15, -0.1) is 0 Å². The molecule has 0 saturated heterocycles. The Morgan fingerprint density at radius 2 is 2.00 bits per heavy atom. The van der Waals surface area contributed by atoms with Gasteiger partial charge in [-0.3, -0.25) is 14.2 Å². The summed E-state index contributed by atoms with van der Waals surface area (Å²) in [5.74, 6) is -0.395. The van der Waals surface area contributed by atoms with Gasteiger partial charge >= 0.3 is 0 Å². The van der Waals surface area contributed by atoms with Crippen LogP contribution in [0.4, 0.5) is 5.69 Å². The summed E-state index contributed by atoms with van der Waals surface area (Å²) in [5.41, 5.74) is 0.0657. The predicted molar refractivity (Wildman–Crippen MR) is 107 cm³/mol. The van der Waals surface area contributed by atoms with E-state index in [0.29, 0.717) is 21.8 Å². The molecule has 2 heterocycles. The molecule has 4 rings (SSSR count). The van der Waals surface area contributed by atoms with Crippen LogP contribution in [0.25, 0.3) is 10.9 Å². The van der Waals surface area contributed by atoms with Crippen molar-refractivity contribution in [1.29, 1.82) is 0 Å². The summed E-state index contributed by atoms with van der Waals surface area (Å²) < 4.78 is 19.1. The van der Waals surface area contributed by atoms with Gasteiger partial charge in [0.15, 0.2) is 4.90 Å². The van der Waals surface area contributed by atoms with Crippen LogP contribution in [-0.4, -0.2) is 40.0 Å². The van der Waals surface area contributed by atoms with Gasteiger partial charge in [0.1, 0.15) is 28.3 Å². The quantitative estimate of drug-likeness (QED) is 0.682. The number of hydrogen-bond acceptors (Lipinski definition) is 5. The Morgan fingerprint density at radius 1 is 1.29 bits per heavy atom. The number of amides is 1. The standard InChI is InChI=1S/C20H18N2O5S/c1-21(12-6-4-3-5-7-12)19(24)16-18(23)14-10-13(27-2)11-15-17(14)22(20(16)25)8-9-28(15)26/h3-7,10-11,23H,8-9H2,1-2H3. The number of aromatic nitrogens is 1. The zero-order chi connectivity index (χ0) is 20.0. The summed E-state index contributed by atoms with van der Waals surface area (Å²) >= 11 is -1.32. The Labute approximate surface area is 164 Å². The van der Waals surface area contributed by atoms with Gasteiger partial charge in [0.2, 0.25) is 0 Å². The minimum Gasteiger partial charge on any atom is -0.611 e. The summed E-state index contributed by atoms with van der Waals surface area (Å²) in [6, 6.07) is 12.0. The van der Waals surface area contributed by atoms with E-state index < -0.39 is 28.4 Å². The summed E-state index contributed by atoms with van der Waals surface area (Å²) in [5, 5.41) is 11.1. The van der Waals surface area contributed by atoms with Gasteiger partial charge in [0.05, 0.1) is 13.7 Å². The van der Waals surface area contributed by atoms with E-state index in [2.05, 4.69) is 0 Å². The Bertz CT molecular complexity index is 1140. The first-order chi connectivity index (χ1) is 13.4. The molecule has 2 aromatic carbocycles. The Balaban J connectivity index is 1.98. The fourth-order valence-electron chi connectivity index (χ4n) is 3.43. The van der Waals surface area contributed by atoms with Crippen LogP contribution >= 0.6 is 0 Å². The zero-order valence-electron chi connectivity index (χ0n) is 15.3. The van der Waals surface area contributed by atoms with Crippen LogP contribution in [0.2, 0.25) is 0 Å². The number of carbonyl (C=O) groups excluding carboxylic acids is 1. The lowest BCUT2D eigenvalue weighted by Crippen LogP contribution is -2.37. The number of aryl methyl sites for hydroxylation is 1. The molecule has 1 atom stereocenters. The van der Waals surface area contributed by atoms with Crippen LogP contribution in [0, 0.1) is 0 Å². The van der Waals surface area contributed by atoms with Gasteiger partial charge in [-0.2, -0.15) is 0 Å². The highest BCUT2D eigenvalue weighted by molar-refractivity contribution is 7.91. The smallest absolute Gasteiger partial charge is 0.268 e. The average molecular weight is 398 g/mol. The van der Waals surface area contributed by atoms with Crippen LogP contribution in [0.1, 0.15) is 10.4 Å². The van der Waals surface area contributed by atoms with Crippen molar-refractivity contribution in [3.63, 3.8) is 0 Å². The number of pyridine rings is 1. The predicted octanol–water partition coefficient (Wildman–Crippen LogP) is 2.11. The molecule has 3 aromatic rings. The van der Waals surface area contributed by atoms with E-state index in [1.54, 1.807) is 43.4 Å². The minimum atomic E-state index is -1.32. The molecule has 1 unspecified atom stereocenters. The largest absolute Gasteiger partial charge is 0.611 e. The van der Waals surface area contributed by atoms with Gasteiger partial charge in [-0.25, -0.2) is 0 Å². The number of hydrogen-bond donors (Lipinski definition) is 1. The average Bonchev–Trinajstić information content (AvgIpc) is 2.72. The van der Waals surface area contributed by atoms with E-state index in [1.165, 1.54) is 16.6 Å². The van der Waals surface area contributed by atoms with Gasteiger partial charge in [-0.05, 0) is 29.4 Å². The number of anilines is 1. The number of nitrogens with zero attached hydrogens (tertiary/aromatic N) is 2. The molecule has 1 N–H and O–H groups in total. The van der Waals surface area contributed by atoms with Gasteiger partial charge < -0.3 is 19.3 Å². The fraction of sp³-hybridized carbons (Fsp3) is 0.200. The van der Waals surface area contributed by atoms with Crippen molar-refractivity contribution >= 4 is 33.7 Å². The topological polar surface area (TPSA) is 94.8 Å². The zero-order valence-corrected chi connectivity index (χ0v) is 16.2. The van der Waals surface area contributed by atoms with Crippen LogP contribution < -0.4 is 15.2 Å². The minimum absolute atomic E-state index is 0.205. The molecule has 0 radical (unpaired) electrons. The highest BCUT2D eigenvalue weighted by Crippen LogP contribution is 2.37. The lowest BCUT2D eigenvalue weighted by Gasteiger charge is -2.24. The first kappa shape index (κ1) is 18.4. The molecule has 1 aliphatic rings. The molecule has 0 bridgehead atoms. The van der Waals surface area contributed by atoms with E-state index in [0.717, 1.165) is 0 Å². The Morgan fingerprint density at radius 3 is 2.68 bits per heavy atom. The molecule has 144 valence electrons. The first-order valence-corrected chi connectivity index (χ1v) is 9.95. The van der Waals surface area contributed by atoms with E-state index >= 15 is 0 Å². The van der Waals surface area contributed by atoms with Crippen LogP contribution in [0.5, 0.6) is 11.5 Å². The maximum atomic E-state index is 13.1.